The number of methoxy groups -OCH3 is 1. The summed E-state index contributed by atoms with van der Waals surface area (Å²) in [5, 5.41) is 0.0450. The van der Waals surface area contributed by atoms with Crippen molar-refractivity contribution in [2.45, 2.75) is 45.4 Å². The maximum atomic E-state index is 6.84. The van der Waals surface area contributed by atoms with Gasteiger partial charge in [0.15, 0.2) is 0 Å². The van der Waals surface area contributed by atoms with Crippen LogP contribution in [0.4, 0.5) is 0 Å². The molecule has 1 fully saturated rings. The van der Waals surface area contributed by atoms with Crippen LogP contribution in [0, 0.1) is 25.7 Å². The summed E-state index contributed by atoms with van der Waals surface area (Å²) in [7, 11) is 1.74. The Morgan fingerprint density at radius 3 is 2.58 bits per heavy atom. The number of halogens is 2. The Morgan fingerprint density at radius 2 is 2.05 bits per heavy atom. The molecule has 0 N–H and O–H groups in total. The van der Waals surface area contributed by atoms with Gasteiger partial charge in [0, 0.05) is 10.0 Å². The van der Waals surface area contributed by atoms with Crippen LogP contribution in [0.2, 0.25) is 0 Å². The molecule has 106 valence electrons. The zero-order chi connectivity index (χ0) is 14.2. The molecule has 0 spiro atoms. The highest BCUT2D eigenvalue weighted by Crippen LogP contribution is 2.48. The van der Waals surface area contributed by atoms with Crippen molar-refractivity contribution in [3.8, 4) is 5.75 Å². The van der Waals surface area contributed by atoms with Gasteiger partial charge >= 0.3 is 0 Å². The van der Waals surface area contributed by atoms with Crippen LogP contribution in [0.3, 0.4) is 0 Å². The molecule has 1 aromatic carbocycles. The molecule has 0 amide bonds. The van der Waals surface area contributed by atoms with Gasteiger partial charge in [0.05, 0.1) is 12.5 Å². The SMILES string of the molecule is COc1c(C)cc(Br)c(C)c1C(Cl)C1CCCC1C. The highest BCUT2D eigenvalue weighted by atomic mass is 79.9. The molecule has 1 saturated carbocycles. The van der Waals surface area contributed by atoms with E-state index in [1.807, 2.05) is 0 Å². The second-order valence-electron chi connectivity index (χ2n) is 5.72. The standard InChI is InChI=1S/C16H22BrClO/c1-9-6-5-7-12(9)15(18)14-11(3)13(17)8-10(2)16(14)19-4/h8-9,12,15H,5-7H2,1-4H3. The van der Waals surface area contributed by atoms with E-state index in [2.05, 4.69) is 42.8 Å². The number of benzene rings is 1. The van der Waals surface area contributed by atoms with Crippen molar-refractivity contribution >= 4 is 27.5 Å². The van der Waals surface area contributed by atoms with E-state index in [1.165, 1.54) is 30.4 Å². The Kier molecular flexibility index (Phi) is 4.84. The first kappa shape index (κ1) is 15.2. The molecule has 0 bridgehead atoms. The van der Waals surface area contributed by atoms with Gasteiger partial charge < -0.3 is 4.74 Å². The van der Waals surface area contributed by atoms with Crippen molar-refractivity contribution < 1.29 is 4.74 Å². The molecule has 0 aromatic heterocycles. The molecule has 0 heterocycles. The summed E-state index contributed by atoms with van der Waals surface area (Å²) in [5.41, 5.74) is 3.53. The lowest BCUT2D eigenvalue weighted by atomic mass is 9.87. The molecular weight excluding hydrogens is 324 g/mol. The molecule has 19 heavy (non-hydrogen) atoms. The van der Waals surface area contributed by atoms with Gasteiger partial charge in [0.1, 0.15) is 5.75 Å². The van der Waals surface area contributed by atoms with Crippen LogP contribution in [0.25, 0.3) is 0 Å². The first-order chi connectivity index (χ1) is 8.97. The fourth-order valence-electron chi connectivity index (χ4n) is 3.30. The fraction of sp³-hybridized carbons (Fsp3) is 0.625. The van der Waals surface area contributed by atoms with Gasteiger partial charge in [-0.15, -0.1) is 11.6 Å². The van der Waals surface area contributed by atoms with Gasteiger partial charge in [-0.1, -0.05) is 35.7 Å². The van der Waals surface area contributed by atoms with E-state index < -0.39 is 0 Å². The number of alkyl halides is 1. The number of hydrogen-bond acceptors (Lipinski definition) is 1. The molecule has 0 aliphatic heterocycles. The predicted molar refractivity (Wildman–Crippen MR) is 85.3 cm³/mol. The van der Waals surface area contributed by atoms with Crippen LogP contribution in [0.15, 0.2) is 10.5 Å². The molecule has 1 aromatic rings. The van der Waals surface area contributed by atoms with Gasteiger partial charge in [-0.05, 0) is 49.3 Å². The number of aryl methyl sites for hydroxylation is 1. The van der Waals surface area contributed by atoms with Crippen molar-refractivity contribution in [3.05, 3.63) is 27.2 Å². The molecule has 0 saturated heterocycles. The molecule has 1 aliphatic rings. The minimum absolute atomic E-state index is 0.0450. The van der Waals surface area contributed by atoms with E-state index in [9.17, 15) is 0 Å². The second kappa shape index (κ2) is 6.05. The number of hydrogen-bond donors (Lipinski definition) is 0. The zero-order valence-electron chi connectivity index (χ0n) is 12.1. The average Bonchev–Trinajstić information content (AvgIpc) is 2.79. The maximum Gasteiger partial charge on any atom is 0.126 e. The molecule has 3 heteroatoms. The molecule has 1 nitrogen and oxygen atoms in total. The summed E-state index contributed by atoms with van der Waals surface area (Å²) in [6.07, 6.45) is 3.81. The minimum Gasteiger partial charge on any atom is -0.496 e. The summed E-state index contributed by atoms with van der Waals surface area (Å²) in [4.78, 5) is 0. The third kappa shape index (κ3) is 2.80. The van der Waals surface area contributed by atoms with Crippen molar-refractivity contribution in [1.82, 2.24) is 0 Å². The Balaban J connectivity index is 2.48. The lowest BCUT2D eigenvalue weighted by Crippen LogP contribution is -2.13. The van der Waals surface area contributed by atoms with Crippen LogP contribution in [-0.2, 0) is 0 Å². The Labute approximate surface area is 129 Å². The topological polar surface area (TPSA) is 9.23 Å². The van der Waals surface area contributed by atoms with E-state index in [0.29, 0.717) is 11.8 Å². The van der Waals surface area contributed by atoms with E-state index >= 15 is 0 Å². The van der Waals surface area contributed by atoms with Gasteiger partial charge in [0.2, 0.25) is 0 Å². The number of rotatable bonds is 3. The first-order valence-electron chi connectivity index (χ1n) is 6.95. The van der Waals surface area contributed by atoms with Crippen molar-refractivity contribution in [3.63, 3.8) is 0 Å². The molecule has 3 unspecified atom stereocenters. The third-order valence-corrected chi connectivity index (χ3v) is 5.86. The number of ether oxygens (including phenoxy) is 1. The zero-order valence-corrected chi connectivity index (χ0v) is 14.4. The summed E-state index contributed by atoms with van der Waals surface area (Å²) in [5.74, 6) is 2.22. The van der Waals surface area contributed by atoms with E-state index in [4.69, 9.17) is 16.3 Å². The smallest absolute Gasteiger partial charge is 0.126 e. The molecule has 3 atom stereocenters. The summed E-state index contributed by atoms with van der Waals surface area (Å²) >= 11 is 10.5. The van der Waals surface area contributed by atoms with Gasteiger partial charge in [-0.2, -0.15) is 0 Å². The van der Waals surface area contributed by atoms with Crippen LogP contribution in [0.1, 0.15) is 48.3 Å². The molecule has 1 aliphatic carbocycles. The van der Waals surface area contributed by atoms with Crippen LogP contribution in [-0.4, -0.2) is 7.11 Å². The van der Waals surface area contributed by atoms with E-state index in [1.54, 1.807) is 7.11 Å². The summed E-state index contributed by atoms with van der Waals surface area (Å²) in [6, 6.07) is 2.11. The third-order valence-electron chi connectivity index (χ3n) is 4.49. The largest absolute Gasteiger partial charge is 0.496 e. The van der Waals surface area contributed by atoms with Crippen LogP contribution in [0.5, 0.6) is 5.75 Å². The van der Waals surface area contributed by atoms with Crippen molar-refractivity contribution in [2.75, 3.05) is 7.11 Å². The fourth-order valence-corrected chi connectivity index (χ4v) is 4.50. The molecule has 0 radical (unpaired) electrons. The highest BCUT2D eigenvalue weighted by Gasteiger charge is 2.33. The lowest BCUT2D eigenvalue weighted by Gasteiger charge is -2.26. The van der Waals surface area contributed by atoms with Crippen molar-refractivity contribution in [2.24, 2.45) is 11.8 Å². The average molecular weight is 346 g/mol. The lowest BCUT2D eigenvalue weighted by molar-refractivity contribution is 0.376. The maximum absolute atomic E-state index is 6.84. The van der Waals surface area contributed by atoms with E-state index in [0.717, 1.165) is 15.8 Å². The Hall–Kier alpha value is -0.210. The predicted octanol–water partition coefficient (Wildman–Crippen LogP) is 5.79. The second-order valence-corrected chi connectivity index (χ2v) is 7.05. The normalized spacial score (nSPS) is 24.5. The Bertz CT molecular complexity index is 472. The minimum atomic E-state index is 0.0450. The summed E-state index contributed by atoms with van der Waals surface area (Å²) in [6.45, 7) is 6.52. The summed E-state index contributed by atoms with van der Waals surface area (Å²) < 4.78 is 6.74. The van der Waals surface area contributed by atoms with Gasteiger partial charge in [-0.25, -0.2) is 0 Å². The monoisotopic (exact) mass is 344 g/mol. The first-order valence-corrected chi connectivity index (χ1v) is 8.18. The Morgan fingerprint density at radius 1 is 1.37 bits per heavy atom. The van der Waals surface area contributed by atoms with E-state index in [-0.39, 0.29) is 5.38 Å². The van der Waals surface area contributed by atoms with Gasteiger partial charge in [0.25, 0.3) is 0 Å². The quantitative estimate of drug-likeness (QED) is 0.630. The molecular formula is C16H22BrClO. The van der Waals surface area contributed by atoms with Crippen molar-refractivity contribution in [1.29, 1.82) is 0 Å². The van der Waals surface area contributed by atoms with Crippen LogP contribution >= 0.6 is 27.5 Å². The van der Waals surface area contributed by atoms with Crippen LogP contribution < -0.4 is 4.74 Å². The highest BCUT2D eigenvalue weighted by molar-refractivity contribution is 9.10. The molecule has 2 rings (SSSR count). The van der Waals surface area contributed by atoms with Gasteiger partial charge in [-0.3, -0.25) is 0 Å².